The molecule has 26 heteroatoms. The quantitative estimate of drug-likeness (QED) is 0.124. The average Bonchev–Trinajstić information content (AvgIpc) is 3.73. The first-order valence-corrected chi connectivity index (χ1v) is 22.9. The molecule has 3 aromatic carbocycles. The number of amides is 1. The zero-order chi connectivity index (χ0) is 49.2. The fraction of sp³-hybridized carbons (Fsp3) is 0.405. The Morgan fingerprint density at radius 1 is 0.971 bits per heavy atom. The van der Waals surface area contributed by atoms with Crippen LogP contribution in [0.2, 0.25) is 5.02 Å². The number of rotatable bonds is 11. The van der Waals surface area contributed by atoms with Crippen LogP contribution in [0.3, 0.4) is 0 Å². The summed E-state index contributed by atoms with van der Waals surface area (Å²) in [6.45, 7) is 1.27. The number of fused-ring (bicyclic) bond motifs is 5. The van der Waals surface area contributed by atoms with Gasteiger partial charge in [0.25, 0.3) is 11.5 Å². The van der Waals surface area contributed by atoms with Gasteiger partial charge in [-0.15, -0.1) is 0 Å². The first kappa shape index (κ1) is 47.1. The molecule has 4 heterocycles. The number of sulfonamides is 1. The second-order valence-corrected chi connectivity index (χ2v) is 19.4. The summed E-state index contributed by atoms with van der Waals surface area (Å²) in [6, 6.07) is 7.02. The molecule has 1 amide bonds. The molecule has 6 aromatic rings. The topological polar surface area (TPSA) is 158 Å². The molecule has 3 aliphatic rings. The molecule has 3 aromatic heterocycles. The van der Waals surface area contributed by atoms with Crippen LogP contribution in [-0.4, -0.2) is 81.2 Å². The Morgan fingerprint density at radius 3 is 2.28 bits per heavy atom. The lowest BCUT2D eigenvalue weighted by Gasteiger charge is -2.37. The predicted molar refractivity (Wildman–Crippen MR) is 225 cm³/mol. The van der Waals surface area contributed by atoms with Gasteiger partial charge in [0.05, 0.1) is 57.0 Å². The third kappa shape index (κ3) is 8.82. The van der Waals surface area contributed by atoms with Gasteiger partial charge in [-0.3, -0.25) is 28.2 Å². The van der Waals surface area contributed by atoms with Crippen LogP contribution in [-0.2, 0) is 51.2 Å². The number of hydrogen-bond acceptors (Lipinski definition) is 9. The minimum atomic E-state index is -5.19. The molecule has 0 unspecified atom stereocenters. The molecule has 14 nitrogen and oxygen atoms in total. The summed E-state index contributed by atoms with van der Waals surface area (Å²) in [5.74, 6) is -11.2. The Morgan fingerprint density at radius 2 is 1.65 bits per heavy atom. The van der Waals surface area contributed by atoms with Crippen molar-refractivity contribution in [1.29, 1.82) is 0 Å². The van der Waals surface area contributed by atoms with E-state index in [1.807, 2.05) is 23.5 Å². The van der Waals surface area contributed by atoms with E-state index >= 15 is 13.6 Å². The van der Waals surface area contributed by atoms with Gasteiger partial charge >= 0.3 is 12.4 Å². The van der Waals surface area contributed by atoms with Crippen molar-refractivity contribution in [3.05, 3.63) is 104 Å². The van der Waals surface area contributed by atoms with E-state index in [0.29, 0.717) is 35.8 Å². The fourth-order valence-corrected chi connectivity index (χ4v) is 10.1. The molecule has 0 bridgehead atoms. The van der Waals surface area contributed by atoms with E-state index in [2.05, 4.69) is 15.5 Å². The van der Waals surface area contributed by atoms with Gasteiger partial charge in [-0.2, -0.15) is 45.3 Å². The smallest absolute Gasteiger partial charge is 0.372 e. The number of ether oxygens (including phenoxy) is 1. The predicted octanol–water partition coefficient (Wildman–Crippen LogP) is 7.74. The Labute approximate surface area is 382 Å². The number of carbonyl (C=O) groups excluding carboxylic acids is 1. The monoisotopic (exact) mass is 1000 g/mol. The van der Waals surface area contributed by atoms with Crippen molar-refractivity contribution in [3.63, 3.8) is 0 Å². The van der Waals surface area contributed by atoms with Gasteiger partial charge in [0.15, 0.2) is 11.5 Å². The molecule has 1 saturated heterocycles. The summed E-state index contributed by atoms with van der Waals surface area (Å²) >= 11 is 6.52. The molecule has 0 spiro atoms. The number of nitrogens with zero attached hydrogens (tertiary/aromatic N) is 7. The van der Waals surface area contributed by atoms with Crippen LogP contribution in [0.5, 0.6) is 0 Å². The van der Waals surface area contributed by atoms with E-state index in [4.69, 9.17) is 21.3 Å². The highest BCUT2D eigenvalue weighted by Crippen LogP contribution is 2.68. The normalized spacial score (nSPS) is 20.7. The average molecular weight is 1000 g/mol. The van der Waals surface area contributed by atoms with E-state index in [1.54, 1.807) is 6.07 Å². The van der Waals surface area contributed by atoms with E-state index in [0.717, 1.165) is 28.8 Å². The Kier molecular flexibility index (Phi) is 11.3. The van der Waals surface area contributed by atoms with E-state index in [-0.39, 0.29) is 44.8 Å². The number of aromatic nitrogens is 6. The third-order valence-corrected chi connectivity index (χ3v) is 12.7. The van der Waals surface area contributed by atoms with Gasteiger partial charge in [-0.25, -0.2) is 22.2 Å². The molecular formula is C42H36ClF10N9O5S. The molecular weight excluding hydrogens is 968 g/mol. The molecule has 1 aliphatic heterocycles. The molecule has 0 radical (unpaired) electrons. The minimum Gasteiger partial charge on any atom is -0.372 e. The summed E-state index contributed by atoms with van der Waals surface area (Å²) in [6.07, 6.45) is -11.0. The highest BCUT2D eigenvalue weighted by atomic mass is 35.5. The van der Waals surface area contributed by atoms with Crippen LogP contribution in [0.25, 0.3) is 27.5 Å². The number of morpholine rings is 1. The Balaban J connectivity index is 1.28. The lowest BCUT2D eigenvalue weighted by atomic mass is 10.0. The van der Waals surface area contributed by atoms with Crippen molar-refractivity contribution >= 4 is 60.8 Å². The van der Waals surface area contributed by atoms with Crippen LogP contribution < -0.4 is 20.5 Å². The number of nitrogens with one attached hydrogen (secondary N) is 2. The van der Waals surface area contributed by atoms with Crippen molar-refractivity contribution in [1.82, 2.24) is 34.4 Å². The van der Waals surface area contributed by atoms with Gasteiger partial charge in [-0.05, 0) is 74.2 Å². The van der Waals surface area contributed by atoms with Crippen molar-refractivity contribution < 1.29 is 61.9 Å². The zero-order valence-electron chi connectivity index (χ0n) is 35.5. The summed E-state index contributed by atoms with van der Waals surface area (Å²) in [4.78, 5) is 36.0. The van der Waals surface area contributed by atoms with E-state index in [9.17, 15) is 48.3 Å². The number of alkyl halides is 8. The van der Waals surface area contributed by atoms with Crippen LogP contribution in [0.4, 0.5) is 55.4 Å². The number of benzene rings is 3. The molecule has 362 valence electrons. The molecule has 2 fully saturated rings. The zero-order valence-corrected chi connectivity index (χ0v) is 37.1. The van der Waals surface area contributed by atoms with Crippen molar-refractivity contribution in [3.8, 4) is 5.69 Å². The molecule has 2 aliphatic carbocycles. The summed E-state index contributed by atoms with van der Waals surface area (Å²) in [7, 11) is -4.26. The van der Waals surface area contributed by atoms with Gasteiger partial charge in [0, 0.05) is 42.7 Å². The number of anilines is 2. The fourth-order valence-electron chi connectivity index (χ4n) is 9.36. The Hall–Kier alpha value is -5.95. The SMILES string of the molecule is C[C@@H]1CN(c2ccc3c(=O)n(-c4ccc(Cl)c5c(NS(C)(=O)=O)nn(CC(F)(F)F)c45)c([C@H](Cc4cc(F)cc(F)c4)NC(=O)Cn4nc(C(F)(F)F)c5c4C(F)(F)[C@@H]4C[C@H]54)nc3c2)C[C@H](C)O1. The minimum absolute atomic E-state index is 0.0813. The van der Waals surface area contributed by atoms with Crippen molar-refractivity contribution in [2.24, 2.45) is 5.92 Å². The van der Waals surface area contributed by atoms with E-state index < -0.39 is 134 Å². The van der Waals surface area contributed by atoms with Gasteiger partial charge < -0.3 is 15.0 Å². The lowest BCUT2D eigenvalue weighted by Crippen LogP contribution is -2.45. The second kappa shape index (κ2) is 16.3. The molecule has 9 rings (SSSR count). The maximum atomic E-state index is 15.6. The largest absolute Gasteiger partial charge is 0.435 e. The Bertz CT molecular complexity index is 3200. The molecule has 2 N–H and O–H groups in total. The van der Waals surface area contributed by atoms with E-state index in [1.165, 1.54) is 12.1 Å². The molecule has 1 saturated carbocycles. The van der Waals surface area contributed by atoms with Crippen LogP contribution in [0, 0.1) is 17.6 Å². The van der Waals surface area contributed by atoms with Crippen LogP contribution in [0.15, 0.2) is 53.3 Å². The first-order valence-electron chi connectivity index (χ1n) is 20.7. The maximum absolute atomic E-state index is 15.6. The van der Waals surface area contributed by atoms with Gasteiger partial charge in [-0.1, -0.05) is 11.6 Å². The highest BCUT2D eigenvalue weighted by Gasteiger charge is 2.68. The first-order chi connectivity index (χ1) is 31.7. The number of carbonyl (C=O) groups is 1. The summed E-state index contributed by atoms with van der Waals surface area (Å²) < 4.78 is 180. The highest BCUT2D eigenvalue weighted by molar-refractivity contribution is 7.92. The lowest BCUT2D eigenvalue weighted by molar-refractivity contribution is -0.142. The molecule has 5 atom stereocenters. The third-order valence-electron chi connectivity index (χ3n) is 11.8. The van der Waals surface area contributed by atoms with Crippen molar-refractivity contribution in [2.45, 2.75) is 82.2 Å². The second-order valence-electron chi connectivity index (χ2n) is 17.2. The summed E-state index contributed by atoms with van der Waals surface area (Å²) in [5, 5.41) is 8.79. The number of halogens is 11. The molecule has 68 heavy (non-hydrogen) atoms. The van der Waals surface area contributed by atoms with Gasteiger partial charge in [0.2, 0.25) is 15.9 Å². The summed E-state index contributed by atoms with van der Waals surface area (Å²) in [5.41, 5.74) is -5.35. The number of hydrogen-bond donors (Lipinski definition) is 2. The van der Waals surface area contributed by atoms with Gasteiger partial charge in [0.1, 0.15) is 36.2 Å². The van der Waals surface area contributed by atoms with Crippen LogP contribution in [0.1, 0.15) is 60.6 Å². The standard InChI is InChI=1S/C42H36ClF10N9O5S/c1-18-14-59(15-19(2)67-18)23-4-5-24-28(12-23)55-38(62(39(24)64)30-7-6-27(43)33-34(30)61(17-40(46,47)48)57-37(33)58-68(3,65)66)29(10-20-8-21(44)11-22(45)9-20)54-31(63)16-60-36-32(35(56-60)42(51,52)53)25-13-26(25)41(36,49)50/h4-9,11-12,18-19,25-26,29H,10,13-17H2,1-3H3,(H,54,63)(H,57,58)/t18-,19+,25-,26+,29-/m0/s1. The maximum Gasteiger partial charge on any atom is 0.435 e. The van der Waals surface area contributed by atoms with Crippen LogP contribution >= 0.6 is 11.6 Å². The van der Waals surface area contributed by atoms with Crippen molar-refractivity contribution in [2.75, 3.05) is 29.0 Å².